The van der Waals surface area contributed by atoms with Crippen LogP contribution in [0.3, 0.4) is 0 Å². The molecule has 0 aromatic heterocycles. The van der Waals surface area contributed by atoms with Crippen LogP contribution >= 0.6 is 0 Å². The van der Waals surface area contributed by atoms with Crippen LogP contribution in [-0.4, -0.2) is 72.4 Å². The van der Waals surface area contributed by atoms with Crippen molar-refractivity contribution in [1.82, 2.24) is 9.80 Å². The van der Waals surface area contributed by atoms with Gasteiger partial charge in [-0.05, 0) is 73.7 Å². The quantitative estimate of drug-likeness (QED) is 0.490. The Morgan fingerprint density at radius 2 is 1.60 bits per heavy atom. The summed E-state index contributed by atoms with van der Waals surface area (Å²) in [6.45, 7) is 4.11. The van der Waals surface area contributed by atoms with Gasteiger partial charge in [0.05, 0.1) is 25.9 Å². The number of carbonyl (C=O) groups excluding carboxylic acids is 2. The lowest BCUT2D eigenvalue weighted by molar-refractivity contribution is -0.157. The molecule has 3 aliphatic rings. The predicted molar refractivity (Wildman–Crippen MR) is 150 cm³/mol. The number of benzene rings is 2. The minimum absolute atomic E-state index is 0.00509. The van der Waals surface area contributed by atoms with Gasteiger partial charge in [-0.1, -0.05) is 42.8 Å². The molecule has 214 valence electrons. The highest BCUT2D eigenvalue weighted by Gasteiger charge is 2.34. The number of rotatable bonds is 8. The van der Waals surface area contributed by atoms with Crippen molar-refractivity contribution < 1.29 is 28.9 Å². The number of ether oxygens (including phenoxy) is 3. The van der Waals surface area contributed by atoms with Crippen LogP contribution < -0.4 is 0 Å². The summed E-state index contributed by atoms with van der Waals surface area (Å²) in [4.78, 5) is 30.1. The molecule has 8 heteroatoms. The van der Waals surface area contributed by atoms with Gasteiger partial charge in [-0.2, -0.15) is 0 Å². The maximum Gasteiger partial charge on any atom is 0.337 e. The number of likely N-dealkylation sites (tertiary alicyclic amines) is 2. The highest BCUT2D eigenvalue weighted by atomic mass is 16.7. The normalized spacial score (nSPS) is 22.4. The zero-order valence-corrected chi connectivity index (χ0v) is 23.3. The first-order valence-corrected chi connectivity index (χ1v) is 14.4. The SMILES string of the molecule is COC(=O)c1ccc([C@H]2C=C(C(=O)N3CCC(N4CCCCC4)CC3)O[C@@H](OCc3ccc(CO)cc3)C2)cc1. The van der Waals surface area contributed by atoms with E-state index in [4.69, 9.17) is 14.2 Å². The lowest BCUT2D eigenvalue weighted by atomic mass is 9.92. The van der Waals surface area contributed by atoms with Crippen molar-refractivity contribution in [1.29, 1.82) is 0 Å². The molecule has 5 rings (SSSR count). The third kappa shape index (κ3) is 6.92. The van der Waals surface area contributed by atoms with Crippen molar-refractivity contribution in [2.24, 2.45) is 0 Å². The molecular weight excluding hydrogens is 508 g/mol. The molecule has 0 bridgehead atoms. The van der Waals surface area contributed by atoms with Crippen molar-refractivity contribution in [2.75, 3.05) is 33.3 Å². The van der Waals surface area contributed by atoms with Crippen LogP contribution in [0, 0.1) is 0 Å². The Labute approximate surface area is 236 Å². The average Bonchev–Trinajstić information content (AvgIpc) is 3.03. The van der Waals surface area contributed by atoms with Crippen LogP contribution in [0.4, 0.5) is 0 Å². The third-order valence-electron chi connectivity index (χ3n) is 8.33. The zero-order valence-electron chi connectivity index (χ0n) is 23.3. The van der Waals surface area contributed by atoms with E-state index in [-0.39, 0.29) is 24.4 Å². The van der Waals surface area contributed by atoms with Crippen molar-refractivity contribution in [3.05, 3.63) is 82.6 Å². The van der Waals surface area contributed by atoms with E-state index in [0.717, 1.165) is 42.6 Å². The van der Waals surface area contributed by atoms with Crippen LogP contribution in [0.5, 0.6) is 0 Å². The molecule has 2 aromatic rings. The van der Waals surface area contributed by atoms with E-state index in [1.807, 2.05) is 47.4 Å². The van der Waals surface area contributed by atoms with E-state index in [1.165, 1.54) is 39.5 Å². The lowest BCUT2D eigenvalue weighted by Gasteiger charge is -2.40. The molecular formula is C32H40N2O6. The van der Waals surface area contributed by atoms with Crippen LogP contribution in [0.1, 0.15) is 71.5 Å². The van der Waals surface area contributed by atoms with Crippen LogP contribution in [-0.2, 0) is 32.2 Å². The average molecular weight is 549 g/mol. The Balaban J connectivity index is 1.28. The van der Waals surface area contributed by atoms with Crippen LogP contribution in [0.25, 0.3) is 0 Å². The largest absolute Gasteiger partial charge is 0.465 e. The number of nitrogens with zero attached hydrogens (tertiary/aromatic N) is 2. The van der Waals surface area contributed by atoms with Gasteiger partial charge in [0.25, 0.3) is 5.91 Å². The maximum absolute atomic E-state index is 13.7. The van der Waals surface area contributed by atoms with Gasteiger partial charge in [0.1, 0.15) is 0 Å². The molecule has 3 heterocycles. The molecule has 3 aliphatic heterocycles. The van der Waals surface area contributed by atoms with E-state index in [9.17, 15) is 14.7 Å². The van der Waals surface area contributed by atoms with E-state index >= 15 is 0 Å². The highest BCUT2D eigenvalue weighted by Crippen LogP contribution is 2.33. The van der Waals surface area contributed by atoms with Gasteiger partial charge in [0, 0.05) is 31.5 Å². The number of aliphatic hydroxyl groups is 1. The Morgan fingerprint density at radius 1 is 0.925 bits per heavy atom. The molecule has 40 heavy (non-hydrogen) atoms. The minimum Gasteiger partial charge on any atom is -0.465 e. The second kappa shape index (κ2) is 13.4. The van der Waals surface area contributed by atoms with Crippen LogP contribution in [0.2, 0.25) is 0 Å². The van der Waals surface area contributed by atoms with Gasteiger partial charge in [-0.25, -0.2) is 4.79 Å². The minimum atomic E-state index is -0.599. The molecule has 1 N–H and O–H groups in total. The van der Waals surface area contributed by atoms with Gasteiger partial charge in [0.15, 0.2) is 5.76 Å². The standard InChI is InChI=1S/C32H40N2O6/c1-38-32(37)26-11-9-25(10-12-26)27-19-29(40-30(20-27)39-22-24-7-5-23(21-35)6-8-24)31(36)34-17-13-28(14-18-34)33-15-3-2-4-16-33/h5-12,19,27-28,30,35H,2-4,13-18,20-22H2,1H3/t27-,30+/m0/s1. The molecule has 8 nitrogen and oxygen atoms in total. The van der Waals surface area contributed by atoms with Crippen molar-refractivity contribution in [3.63, 3.8) is 0 Å². The number of carbonyl (C=O) groups is 2. The Morgan fingerprint density at radius 3 is 2.25 bits per heavy atom. The molecule has 2 fully saturated rings. The molecule has 1 amide bonds. The first-order valence-electron chi connectivity index (χ1n) is 14.4. The third-order valence-corrected chi connectivity index (χ3v) is 8.33. The van der Waals surface area contributed by atoms with E-state index < -0.39 is 6.29 Å². The number of aliphatic hydroxyl groups excluding tert-OH is 1. The van der Waals surface area contributed by atoms with E-state index in [2.05, 4.69) is 4.90 Å². The van der Waals surface area contributed by atoms with Crippen LogP contribution in [0.15, 0.2) is 60.4 Å². The smallest absolute Gasteiger partial charge is 0.337 e. The Hall–Kier alpha value is -3.20. The molecule has 0 radical (unpaired) electrons. The number of esters is 1. The first-order chi connectivity index (χ1) is 19.5. The summed E-state index contributed by atoms with van der Waals surface area (Å²) in [6, 6.07) is 15.4. The summed E-state index contributed by atoms with van der Waals surface area (Å²) < 4.78 is 17.2. The fourth-order valence-electron chi connectivity index (χ4n) is 5.93. The second-order valence-electron chi connectivity index (χ2n) is 10.9. The summed E-state index contributed by atoms with van der Waals surface area (Å²) in [5.41, 5.74) is 3.26. The number of amides is 1. The maximum atomic E-state index is 13.7. The van der Waals surface area contributed by atoms with Crippen molar-refractivity contribution in [3.8, 4) is 0 Å². The summed E-state index contributed by atoms with van der Waals surface area (Å²) in [5.74, 6) is -0.252. The fourth-order valence-corrected chi connectivity index (χ4v) is 5.93. The first kappa shape index (κ1) is 28.3. The summed E-state index contributed by atoms with van der Waals surface area (Å²) in [6.07, 6.45) is 7.69. The monoisotopic (exact) mass is 548 g/mol. The van der Waals surface area contributed by atoms with E-state index in [1.54, 1.807) is 12.1 Å². The molecule has 2 atom stereocenters. The number of hydrogen-bond acceptors (Lipinski definition) is 7. The van der Waals surface area contributed by atoms with Gasteiger partial charge in [0.2, 0.25) is 6.29 Å². The highest BCUT2D eigenvalue weighted by molar-refractivity contribution is 5.92. The van der Waals surface area contributed by atoms with Crippen molar-refractivity contribution in [2.45, 2.75) is 70.0 Å². The molecule has 2 aromatic carbocycles. The summed E-state index contributed by atoms with van der Waals surface area (Å²) in [7, 11) is 1.37. The Bertz CT molecular complexity index is 1160. The van der Waals surface area contributed by atoms with Gasteiger partial charge in [-0.3, -0.25) is 4.79 Å². The summed E-state index contributed by atoms with van der Waals surface area (Å²) in [5, 5.41) is 9.31. The number of allylic oxidation sites excluding steroid dienone is 1. The Kier molecular flexibility index (Phi) is 9.52. The molecule has 0 aliphatic carbocycles. The van der Waals surface area contributed by atoms with Gasteiger partial charge in [-0.15, -0.1) is 0 Å². The molecule has 0 unspecified atom stereocenters. The zero-order chi connectivity index (χ0) is 27.9. The second-order valence-corrected chi connectivity index (χ2v) is 10.9. The number of piperidine rings is 2. The topological polar surface area (TPSA) is 88.5 Å². The van der Waals surface area contributed by atoms with Gasteiger partial charge >= 0.3 is 5.97 Å². The van der Waals surface area contributed by atoms with Gasteiger partial charge < -0.3 is 29.1 Å². The fraction of sp³-hybridized carbons (Fsp3) is 0.500. The van der Waals surface area contributed by atoms with E-state index in [0.29, 0.717) is 30.4 Å². The molecule has 0 spiro atoms. The number of hydrogen-bond donors (Lipinski definition) is 1. The predicted octanol–water partition coefficient (Wildman–Crippen LogP) is 4.37. The summed E-state index contributed by atoms with van der Waals surface area (Å²) >= 11 is 0. The molecule has 0 saturated carbocycles. The number of methoxy groups -OCH3 is 1. The molecule has 2 saturated heterocycles. The van der Waals surface area contributed by atoms with Crippen molar-refractivity contribution >= 4 is 11.9 Å². The lowest BCUT2D eigenvalue weighted by Crippen LogP contribution is -2.49.